The van der Waals surface area contributed by atoms with Crippen molar-refractivity contribution in [1.29, 1.82) is 0 Å². The van der Waals surface area contributed by atoms with E-state index >= 15 is 0 Å². The highest BCUT2D eigenvalue weighted by molar-refractivity contribution is 6.01. The van der Waals surface area contributed by atoms with Crippen molar-refractivity contribution in [2.24, 2.45) is 0 Å². The Labute approximate surface area is 108 Å². The Kier molecular flexibility index (Phi) is 2.45. The molecular weight excluding hydrogens is 244 g/mol. The molecule has 0 aliphatic heterocycles. The third-order valence-electron chi connectivity index (χ3n) is 2.86. The van der Waals surface area contributed by atoms with Gasteiger partial charge in [-0.3, -0.25) is 0 Å². The van der Waals surface area contributed by atoms with Crippen molar-refractivity contribution in [2.45, 2.75) is 0 Å². The number of aromatic nitrogens is 2. The molecule has 0 aliphatic rings. The smallest absolute Gasteiger partial charge is 0.337 e. The fourth-order valence-electron chi connectivity index (χ4n) is 1.99. The number of rotatable bonds is 2. The third kappa shape index (κ3) is 1.91. The summed E-state index contributed by atoms with van der Waals surface area (Å²) < 4.78 is 0. The number of fused-ring (bicyclic) bond motifs is 1. The maximum absolute atomic E-state index is 11.1. The van der Waals surface area contributed by atoms with Gasteiger partial charge in [0.1, 0.15) is 17.1 Å². The predicted molar refractivity (Wildman–Crippen MR) is 70.2 cm³/mol. The summed E-state index contributed by atoms with van der Waals surface area (Å²) in [6.45, 7) is 0. The van der Waals surface area contributed by atoms with E-state index in [2.05, 4.69) is 9.97 Å². The largest absolute Gasteiger partial charge is 0.508 e. The van der Waals surface area contributed by atoms with Crippen LogP contribution in [0.15, 0.2) is 42.5 Å². The number of para-hydroxylation sites is 1. The molecule has 5 heteroatoms. The van der Waals surface area contributed by atoms with E-state index in [9.17, 15) is 9.90 Å². The molecule has 94 valence electrons. The first kappa shape index (κ1) is 11.3. The molecule has 19 heavy (non-hydrogen) atoms. The second-order valence-electron chi connectivity index (χ2n) is 4.14. The van der Waals surface area contributed by atoms with Crippen LogP contribution in [0, 0.1) is 0 Å². The number of phenols is 1. The fraction of sp³-hybridized carbons (Fsp3) is 0. The molecular formula is C14H10N2O3. The van der Waals surface area contributed by atoms with Crippen LogP contribution in [0.2, 0.25) is 0 Å². The highest BCUT2D eigenvalue weighted by Crippen LogP contribution is 2.25. The second kappa shape index (κ2) is 4.13. The highest BCUT2D eigenvalue weighted by atomic mass is 16.4. The molecule has 2 aromatic carbocycles. The molecule has 0 saturated carbocycles. The lowest BCUT2D eigenvalue weighted by atomic mass is 10.2. The number of benzene rings is 2. The zero-order chi connectivity index (χ0) is 13.4. The third-order valence-corrected chi connectivity index (χ3v) is 2.86. The molecule has 0 unspecified atom stereocenters. The first-order chi connectivity index (χ1) is 9.15. The molecule has 0 fully saturated rings. The van der Waals surface area contributed by atoms with Gasteiger partial charge < -0.3 is 15.2 Å². The van der Waals surface area contributed by atoms with Crippen molar-refractivity contribution >= 4 is 17.0 Å². The van der Waals surface area contributed by atoms with Crippen LogP contribution in [0.25, 0.3) is 22.4 Å². The molecule has 0 aliphatic carbocycles. The van der Waals surface area contributed by atoms with Gasteiger partial charge in [0.2, 0.25) is 0 Å². The van der Waals surface area contributed by atoms with Crippen molar-refractivity contribution in [2.75, 3.05) is 0 Å². The lowest BCUT2D eigenvalue weighted by Gasteiger charge is -1.96. The van der Waals surface area contributed by atoms with E-state index in [-0.39, 0.29) is 11.3 Å². The summed E-state index contributed by atoms with van der Waals surface area (Å²) in [6.07, 6.45) is 0. The molecule has 3 aromatic rings. The van der Waals surface area contributed by atoms with E-state index in [4.69, 9.17) is 5.11 Å². The topological polar surface area (TPSA) is 86.2 Å². The molecule has 0 atom stereocenters. The fourth-order valence-corrected chi connectivity index (χ4v) is 1.99. The normalized spacial score (nSPS) is 10.7. The van der Waals surface area contributed by atoms with Crippen LogP contribution in [0.4, 0.5) is 0 Å². The SMILES string of the molecule is O=C(O)c1cccc2[nH]c(-c3cccc(O)c3)nc12. The number of aromatic carboxylic acids is 1. The number of H-pyrrole nitrogens is 1. The van der Waals surface area contributed by atoms with Crippen LogP contribution in [0.1, 0.15) is 10.4 Å². The van der Waals surface area contributed by atoms with Crippen LogP contribution in [0.3, 0.4) is 0 Å². The van der Waals surface area contributed by atoms with Gasteiger partial charge in [-0.25, -0.2) is 9.78 Å². The number of carboxylic acids is 1. The number of carbonyl (C=O) groups is 1. The number of hydrogen-bond donors (Lipinski definition) is 3. The van der Waals surface area contributed by atoms with E-state index in [1.54, 1.807) is 36.4 Å². The Morgan fingerprint density at radius 3 is 2.68 bits per heavy atom. The Bertz CT molecular complexity index is 777. The van der Waals surface area contributed by atoms with Gasteiger partial charge in [-0.15, -0.1) is 0 Å². The minimum absolute atomic E-state index is 0.136. The zero-order valence-electron chi connectivity index (χ0n) is 9.79. The Hall–Kier alpha value is -2.82. The maximum atomic E-state index is 11.1. The van der Waals surface area contributed by atoms with Gasteiger partial charge in [0, 0.05) is 5.56 Å². The first-order valence-corrected chi connectivity index (χ1v) is 5.66. The van der Waals surface area contributed by atoms with Gasteiger partial charge in [-0.05, 0) is 24.3 Å². The van der Waals surface area contributed by atoms with Gasteiger partial charge in [-0.1, -0.05) is 18.2 Å². The summed E-state index contributed by atoms with van der Waals surface area (Å²) in [5.41, 5.74) is 1.92. The first-order valence-electron chi connectivity index (χ1n) is 5.66. The Morgan fingerprint density at radius 1 is 1.16 bits per heavy atom. The quantitative estimate of drug-likeness (QED) is 0.656. The van der Waals surface area contributed by atoms with E-state index in [0.29, 0.717) is 22.4 Å². The average Bonchev–Trinajstić information content (AvgIpc) is 2.82. The molecule has 5 nitrogen and oxygen atoms in total. The molecule has 0 radical (unpaired) electrons. The van der Waals surface area contributed by atoms with E-state index in [1.807, 2.05) is 0 Å². The van der Waals surface area contributed by atoms with Gasteiger partial charge in [0.05, 0.1) is 11.1 Å². The summed E-state index contributed by atoms with van der Waals surface area (Å²) in [7, 11) is 0. The average molecular weight is 254 g/mol. The van der Waals surface area contributed by atoms with E-state index in [1.165, 1.54) is 6.07 Å². The summed E-state index contributed by atoms with van der Waals surface area (Å²) in [6, 6.07) is 11.6. The second-order valence-corrected chi connectivity index (χ2v) is 4.14. The number of phenolic OH excluding ortho intramolecular Hbond substituents is 1. The number of hydrogen-bond acceptors (Lipinski definition) is 3. The Balaban J connectivity index is 2.22. The Morgan fingerprint density at radius 2 is 1.95 bits per heavy atom. The minimum Gasteiger partial charge on any atom is -0.508 e. The van der Waals surface area contributed by atoms with E-state index < -0.39 is 5.97 Å². The summed E-state index contributed by atoms with van der Waals surface area (Å²) in [5.74, 6) is -0.351. The number of aromatic hydroxyl groups is 1. The molecule has 1 heterocycles. The molecule has 1 aromatic heterocycles. The number of nitrogens with one attached hydrogen (secondary N) is 1. The summed E-state index contributed by atoms with van der Waals surface area (Å²) in [5, 5.41) is 18.6. The lowest BCUT2D eigenvalue weighted by Crippen LogP contribution is -1.96. The number of nitrogens with zero attached hydrogens (tertiary/aromatic N) is 1. The highest BCUT2D eigenvalue weighted by Gasteiger charge is 2.13. The number of imidazole rings is 1. The zero-order valence-corrected chi connectivity index (χ0v) is 9.79. The molecule has 0 amide bonds. The van der Waals surface area contributed by atoms with E-state index in [0.717, 1.165) is 0 Å². The van der Waals surface area contributed by atoms with Crippen LogP contribution in [-0.2, 0) is 0 Å². The van der Waals surface area contributed by atoms with Crippen LogP contribution >= 0.6 is 0 Å². The standard InChI is InChI=1S/C14H10N2O3/c17-9-4-1-3-8(7-9)13-15-11-6-2-5-10(14(18)19)12(11)16-13/h1-7,17H,(H,15,16)(H,18,19). The van der Waals surface area contributed by atoms with Gasteiger partial charge in [0.25, 0.3) is 0 Å². The molecule has 3 rings (SSSR count). The van der Waals surface area contributed by atoms with Crippen LogP contribution in [-0.4, -0.2) is 26.2 Å². The predicted octanol–water partition coefficient (Wildman–Crippen LogP) is 2.63. The summed E-state index contributed by atoms with van der Waals surface area (Å²) >= 11 is 0. The van der Waals surface area contributed by atoms with Crippen LogP contribution < -0.4 is 0 Å². The molecule has 0 saturated heterocycles. The van der Waals surface area contributed by atoms with Gasteiger partial charge in [0.15, 0.2) is 0 Å². The maximum Gasteiger partial charge on any atom is 0.337 e. The number of aromatic amines is 1. The molecule has 0 spiro atoms. The van der Waals surface area contributed by atoms with Crippen LogP contribution in [0.5, 0.6) is 5.75 Å². The molecule has 3 N–H and O–H groups in total. The summed E-state index contributed by atoms with van der Waals surface area (Å²) in [4.78, 5) is 18.5. The van der Waals surface area contributed by atoms with Crippen molar-refractivity contribution in [3.05, 3.63) is 48.0 Å². The van der Waals surface area contributed by atoms with Gasteiger partial charge >= 0.3 is 5.97 Å². The van der Waals surface area contributed by atoms with Crippen molar-refractivity contribution in [3.63, 3.8) is 0 Å². The van der Waals surface area contributed by atoms with Crippen molar-refractivity contribution in [1.82, 2.24) is 9.97 Å². The monoisotopic (exact) mass is 254 g/mol. The molecule has 0 bridgehead atoms. The van der Waals surface area contributed by atoms with Crippen molar-refractivity contribution in [3.8, 4) is 17.1 Å². The minimum atomic E-state index is -1.01. The van der Waals surface area contributed by atoms with Crippen molar-refractivity contribution < 1.29 is 15.0 Å². The lowest BCUT2D eigenvalue weighted by molar-refractivity contribution is 0.0699. The van der Waals surface area contributed by atoms with Gasteiger partial charge in [-0.2, -0.15) is 0 Å². The number of carboxylic acid groups (broad SMARTS) is 1.